The van der Waals surface area contributed by atoms with Gasteiger partial charge in [0.2, 0.25) is 5.91 Å². The molecule has 0 saturated carbocycles. The first-order valence-electron chi connectivity index (χ1n) is 7.11. The number of nitrogen functional groups attached to an aromatic ring is 1. The van der Waals surface area contributed by atoms with Gasteiger partial charge in [-0.25, -0.2) is 0 Å². The number of nitrogens with two attached hydrogens (primary N) is 1. The summed E-state index contributed by atoms with van der Waals surface area (Å²) in [6.45, 7) is 1.59. The fourth-order valence-corrected chi connectivity index (χ4v) is 2.83. The third-order valence-electron chi connectivity index (χ3n) is 3.89. The zero-order valence-electron chi connectivity index (χ0n) is 11.4. The second-order valence-electron chi connectivity index (χ2n) is 5.27. The number of hydrogen-bond donors (Lipinski definition) is 3. The minimum absolute atomic E-state index is 0.00847. The van der Waals surface area contributed by atoms with Gasteiger partial charge in [-0.15, -0.1) is 0 Å². The number of nitrogens with one attached hydrogen (secondary N) is 2. The average molecular weight is 272 g/mol. The maximum Gasteiger partial charge on any atom is 0.237 e. The summed E-state index contributed by atoms with van der Waals surface area (Å²) in [5.74, 6) is 6.04. The van der Waals surface area contributed by atoms with Gasteiger partial charge in [0, 0.05) is 18.1 Å². The van der Waals surface area contributed by atoms with Crippen molar-refractivity contribution < 1.29 is 4.79 Å². The van der Waals surface area contributed by atoms with Crippen molar-refractivity contribution in [3.05, 3.63) is 36.0 Å². The van der Waals surface area contributed by atoms with Crippen LogP contribution in [0.25, 0.3) is 10.9 Å². The Morgan fingerprint density at radius 1 is 1.45 bits per heavy atom. The molecule has 4 N–H and O–H groups in total. The highest BCUT2D eigenvalue weighted by atomic mass is 16.2. The van der Waals surface area contributed by atoms with E-state index in [0.717, 1.165) is 36.7 Å². The molecule has 20 heavy (non-hydrogen) atoms. The molecule has 1 amide bonds. The van der Waals surface area contributed by atoms with Crippen LogP contribution in [0.15, 0.2) is 30.5 Å². The maximum absolute atomic E-state index is 11.9. The van der Waals surface area contributed by atoms with Crippen LogP contribution in [0.5, 0.6) is 0 Å². The molecule has 2 aromatic rings. The molecule has 106 valence electrons. The van der Waals surface area contributed by atoms with Crippen molar-refractivity contribution in [2.45, 2.75) is 25.3 Å². The Labute approximate surface area is 118 Å². The van der Waals surface area contributed by atoms with Crippen molar-refractivity contribution in [1.29, 1.82) is 0 Å². The van der Waals surface area contributed by atoms with Crippen molar-refractivity contribution in [3.8, 4) is 0 Å². The van der Waals surface area contributed by atoms with Crippen molar-refractivity contribution in [3.63, 3.8) is 0 Å². The zero-order valence-corrected chi connectivity index (χ0v) is 11.4. The summed E-state index contributed by atoms with van der Waals surface area (Å²) in [4.78, 5) is 11.9. The number of carbonyl (C=O) groups is 1. The van der Waals surface area contributed by atoms with Crippen LogP contribution < -0.4 is 16.5 Å². The first kappa shape index (κ1) is 13.0. The van der Waals surface area contributed by atoms with Crippen LogP contribution >= 0.6 is 0 Å². The van der Waals surface area contributed by atoms with E-state index in [0.29, 0.717) is 6.54 Å². The van der Waals surface area contributed by atoms with Gasteiger partial charge >= 0.3 is 0 Å². The lowest BCUT2D eigenvalue weighted by molar-refractivity contribution is -0.122. The monoisotopic (exact) mass is 272 g/mol. The fraction of sp³-hybridized carbons (Fsp3) is 0.400. The number of amides is 1. The summed E-state index contributed by atoms with van der Waals surface area (Å²) in [6, 6.07) is 8.04. The molecule has 5 nitrogen and oxygen atoms in total. The molecule has 3 rings (SSSR count). The van der Waals surface area contributed by atoms with E-state index in [1.54, 1.807) is 4.68 Å². The Hall–Kier alpha value is -2.01. The number of aromatic nitrogens is 1. The Kier molecular flexibility index (Phi) is 3.60. The number of para-hydroxylation sites is 1. The Balaban J connectivity index is 1.61. The maximum atomic E-state index is 11.9. The van der Waals surface area contributed by atoms with Gasteiger partial charge in [0.25, 0.3) is 0 Å². The SMILES string of the molecule is Nn1cc(CCNC(=O)C2CCCN2)c2ccccc21. The van der Waals surface area contributed by atoms with Crippen LogP contribution in [0.2, 0.25) is 0 Å². The van der Waals surface area contributed by atoms with E-state index in [1.165, 1.54) is 5.56 Å². The largest absolute Gasteiger partial charge is 0.354 e. The number of nitrogens with zero attached hydrogens (tertiary/aromatic N) is 1. The van der Waals surface area contributed by atoms with Crippen LogP contribution in [0.1, 0.15) is 18.4 Å². The highest BCUT2D eigenvalue weighted by molar-refractivity contribution is 5.84. The molecular weight excluding hydrogens is 252 g/mol. The van der Waals surface area contributed by atoms with Crippen LogP contribution in [0.4, 0.5) is 0 Å². The molecular formula is C15H20N4O. The minimum Gasteiger partial charge on any atom is -0.354 e. The van der Waals surface area contributed by atoms with E-state index in [2.05, 4.69) is 16.7 Å². The average Bonchev–Trinajstić information content (AvgIpc) is 3.09. The summed E-state index contributed by atoms with van der Waals surface area (Å²) in [5.41, 5.74) is 2.19. The van der Waals surface area contributed by atoms with E-state index >= 15 is 0 Å². The van der Waals surface area contributed by atoms with Gasteiger partial charge < -0.3 is 16.5 Å². The molecule has 1 aromatic heterocycles. The Bertz CT molecular complexity index is 613. The standard InChI is InChI=1S/C15H20N4O/c16-19-10-11(12-4-1-2-6-14(12)19)7-9-18-15(20)13-5-3-8-17-13/h1-2,4,6,10,13,17H,3,5,7-9,16H2,(H,18,20). The second-order valence-corrected chi connectivity index (χ2v) is 5.27. The molecule has 1 fully saturated rings. The van der Waals surface area contributed by atoms with Gasteiger partial charge in [-0.1, -0.05) is 18.2 Å². The summed E-state index contributed by atoms with van der Waals surface area (Å²) in [7, 11) is 0. The summed E-state index contributed by atoms with van der Waals surface area (Å²) >= 11 is 0. The van der Waals surface area contributed by atoms with E-state index in [4.69, 9.17) is 5.84 Å². The second kappa shape index (κ2) is 5.54. The molecule has 0 radical (unpaired) electrons. The molecule has 0 bridgehead atoms. The number of hydrogen-bond acceptors (Lipinski definition) is 3. The summed E-state index contributed by atoms with van der Waals surface area (Å²) < 4.78 is 1.64. The molecule has 0 aliphatic carbocycles. The normalized spacial score (nSPS) is 18.5. The van der Waals surface area contributed by atoms with Crippen molar-refractivity contribution in [2.75, 3.05) is 18.9 Å². The molecule has 5 heteroatoms. The number of fused-ring (bicyclic) bond motifs is 1. The number of benzene rings is 1. The molecule has 2 heterocycles. The highest BCUT2D eigenvalue weighted by Crippen LogP contribution is 2.19. The van der Waals surface area contributed by atoms with Crippen LogP contribution in [-0.2, 0) is 11.2 Å². The van der Waals surface area contributed by atoms with E-state index in [-0.39, 0.29) is 11.9 Å². The minimum atomic E-state index is -0.00847. The Morgan fingerprint density at radius 3 is 3.10 bits per heavy atom. The van der Waals surface area contributed by atoms with E-state index in [9.17, 15) is 4.79 Å². The topological polar surface area (TPSA) is 72.1 Å². The van der Waals surface area contributed by atoms with Crippen LogP contribution in [-0.4, -0.2) is 29.7 Å². The summed E-state index contributed by atoms with van der Waals surface area (Å²) in [5, 5.41) is 7.35. The van der Waals surface area contributed by atoms with Crippen molar-refractivity contribution in [1.82, 2.24) is 15.3 Å². The summed E-state index contributed by atoms with van der Waals surface area (Å²) in [6.07, 6.45) is 4.75. The smallest absolute Gasteiger partial charge is 0.237 e. The molecule has 1 saturated heterocycles. The predicted octanol–water partition coefficient (Wildman–Crippen LogP) is 0.766. The quantitative estimate of drug-likeness (QED) is 0.720. The fourth-order valence-electron chi connectivity index (χ4n) is 2.83. The molecule has 1 unspecified atom stereocenters. The first-order chi connectivity index (χ1) is 9.75. The third kappa shape index (κ3) is 2.49. The Morgan fingerprint density at radius 2 is 2.30 bits per heavy atom. The van der Waals surface area contributed by atoms with Crippen molar-refractivity contribution >= 4 is 16.8 Å². The lowest BCUT2D eigenvalue weighted by Gasteiger charge is -2.10. The lowest BCUT2D eigenvalue weighted by Crippen LogP contribution is -2.41. The van der Waals surface area contributed by atoms with Crippen LogP contribution in [0, 0.1) is 0 Å². The lowest BCUT2D eigenvalue weighted by atomic mass is 10.1. The zero-order chi connectivity index (χ0) is 13.9. The molecule has 1 atom stereocenters. The van der Waals surface area contributed by atoms with E-state index < -0.39 is 0 Å². The van der Waals surface area contributed by atoms with Gasteiger partial charge in [0.05, 0.1) is 11.6 Å². The van der Waals surface area contributed by atoms with Gasteiger partial charge in [-0.05, 0) is 37.4 Å². The van der Waals surface area contributed by atoms with Crippen molar-refractivity contribution in [2.24, 2.45) is 0 Å². The molecule has 1 aliphatic heterocycles. The third-order valence-corrected chi connectivity index (χ3v) is 3.89. The number of carbonyl (C=O) groups excluding carboxylic acids is 1. The van der Waals surface area contributed by atoms with Gasteiger partial charge in [-0.3, -0.25) is 9.47 Å². The van der Waals surface area contributed by atoms with E-state index in [1.807, 2.05) is 24.4 Å². The van der Waals surface area contributed by atoms with Gasteiger partial charge in [0.15, 0.2) is 0 Å². The van der Waals surface area contributed by atoms with Gasteiger partial charge in [-0.2, -0.15) is 0 Å². The van der Waals surface area contributed by atoms with Crippen LogP contribution in [0.3, 0.4) is 0 Å². The molecule has 0 spiro atoms. The molecule has 1 aromatic carbocycles. The number of rotatable bonds is 4. The predicted molar refractivity (Wildman–Crippen MR) is 79.8 cm³/mol. The highest BCUT2D eigenvalue weighted by Gasteiger charge is 2.21. The first-order valence-corrected chi connectivity index (χ1v) is 7.11. The van der Waals surface area contributed by atoms with Gasteiger partial charge in [0.1, 0.15) is 0 Å². The molecule has 1 aliphatic rings.